The molecule has 0 aliphatic carbocycles. The zero-order valence-corrected chi connectivity index (χ0v) is 19.0. The van der Waals surface area contributed by atoms with Crippen LogP contribution in [-0.4, -0.2) is 31.7 Å². The Balaban J connectivity index is 1.74. The number of amides is 1. The molecule has 0 bridgehead atoms. The molecule has 0 saturated heterocycles. The summed E-state index contributed by atoms with van der Waals surface area (Å²) >= 11 is 0. The van der Waals surface area contributed by atoms with E-state index in [9.17, 15) is 13.2 Å². The number of sulfonamides is 1. The van der Waals surface area contributed by atoms with Gasteiger partial charge in [-0.05, 0) is 34.7 Å². The van der Waals surface area contributed by atoms with Crippen molar-refractivity contribution in [2.75, 3.05) is 13.1 Å². The molecule has 6 nitrogen and oxygen atoms in total. The van der Waals surface area contributed by atoms with Crippen molar-refractivity contribution in [1.82, 2.24) is 9.62 Å². The number of hydrogen-bond acceptors (Lipinski definition) is 4. The fraction of sp³-hybridized carbons (Fsp3) is 0.240. The largest absolute Gasteiger partial charge is 0.351 e. The quantitative estimate of drug-likeness (QED) is 0.495. The molecule has 0 radical (unpaired) electrons. The molecule has 0 heterocycles. The predicted molar refractivity (Wildman–Crippen MR) is 126 cm³/mol. The van der Waals surface area contributed by atoms with Gasteiger partial charge >= 0.3 is 0 Å². The van der Waals surface area contributed by atoms with Gasteiger partial charge in [-0.1, -0.05) is 79.7 Å². The van der Waals surface area contributed by atoms with Gasteiger partial charge in [-0.15, -0.1) is 0 Å². The van der Waals surface area contributed by atoms with Crippen LogP contribution < -0.4 is 11.1 Å². The van der Waals surface area contributed by atoms with E-state index in [2.05, 4.69) is 5.32 Å². The van der Waals surface area contributed by atoms with Crippen LogP contribution in [0.4, 0.5) is 0 Å². The van der Waals surface area contributed by atoms with Gasteiger partial charge in [0.25, 0.3) is 0 Å². The van der Waals surface area contributed by atoms with Crippen LogP contribution in [0.15, 0.2) is 89.8 Å². The number of hydrogen-bond donors (Lipinski definition) is 2. The summed E-state index contributed by atoms with van der Waals surface area (Å²) in [6.07, 6.45) is 0. The van der Waals surface area contributed by atoms with Crippen molar-refractivity contribution >= 4 is 15.9 Å². The fourth-order valence-electron chi connectivity index (χ4n) is 3.39. The molecule has 0 aromatic heterocycles. The lowest BCUT2D eigenvalue weighted by molar-refractivity contribution is -0.121. The van der Waals surface area contributed by atoms with E-state index in [1.807, 2.05) is 61.5 Å². The molecule has 168 valence electrons. The van der Waals surface area contributed by atoms with Crippen molar-refractivity contribution in [1.29, 1.82) is 0 Å². The summed E-state index contributed by atoms with van der Waals surface area (Å²) in [6.45, 7) is 2.67. The van der Waals surface area contributed by atoms with Crippen molar-refractivity contribution in [2.45, 2.75) is 30.8 Å². The molecule has 3 N–H and O–H groups in total. The Bertz CT molecular complexity index is 1100. The molecule has 0 spiro atoms. The third-order valence-corrected chi connectivity index (χ3v) is 7.12. The smallest absolute Gasteiger partial charge is 0.243 e. The van der Waals surface area contributed by atoms with Gasteiger partial charge in [-0.2, -0.15) is 4.31 Å². The van der Waals surface area contributed by atoms with Crippen LogP contribution in [0.25, 0.3) is 0 Å². The predicted octanol–water partition coefficient (Wildman–Crippen LogP) is 3.26. The number of rotatable bonds is 10. The summed E-state index contributed by atoms with van der Waals surface area (Å²) in [6, 6.07) is 25.5. The van der Waals surface area contributed by atoms with Crippen LogP contribution in [0.5, 0.6) is 0 Å². The van der Waals surface area contributed by atoms with Gasteiger partial charge in [0.05, 0.1) is 11.4 Å². The van der Waals surface area contributed by atoms with E-state index < -0.39 is 10.0 Å². The topological polar surface area (TPSA) is 92.5 Å². The monoisotopic (exact) mass is 451 g/mol. The van der Waals surface area contributed by atoms with Crippen molar-refractivity contribution in [2.24, 2.45) is 5.73 Å². The number of carbonyl (C=O) groups is 1. The number of nitrogens with one attached hydrogen (secondary N) is 1. The first-order chi connectivity index (χ1) is 15.4. The number of benzene rings is 3. The molecule has 7 heteroatoms. The van der Waals surface area contributed by atoms with E-state index in [1.54, 1.807) is 30.3 Å². The third-order valence-electron chi connectivity index (χ3n) is 5.30. The van der Waals surface area contributed by atoms with Gasteiger partial charge in [-0.25, -0.2) is 8.42 Å². The van der Waals surface area contributed by atoms with E-state index in [-0.39, 0.29) is 29.8 Å². The Morgan fingerprint density at radius 2 is 1.47 bits per heavy atom. The summed E-state index contributed by atoms with van der Waals surface area (Å²) in [5, 5.41) is 2.83. The van der Waals surface area contributed by atoms with E-state index in [4.69, 9.17) is 5.73 Å². The number of carbonyl (C=O) groups excluding carboxylic acids is 1. The first-order valence-corrected chi connectivity index (χ1v) is 12.0. The van der Waals surface area contributed by atoms with Crippen LogP contribution >= 0.6 is 0 Å². The van der Waals surface area contributed by atoms with E-state index in [0.717, 1.165) is 16.7 Å². The molecule has 0 saturated carbocycles. The molecule has 0 aliphatic rings. The molecule has 0 aliphatic heterocycles. The Labute approximate surface area is 190 Å². The minimum absolute atomic E-state index is 0.0775. The molecule has 1 unspecified atom stereocenters. The molecule has 3 aromatic rings. The summed E-state index contributed by atoms with van der Waals surface area (Å²) in [5.74, 6) is -0.432. The highest BCUT2D eigenvalue weighted by Crippen LogP contribution is 2.21. The maximum Gasteiger partial charge on any atom is 0.243 e. The molecule has 1 atom stereocenters. The summed E-state index contributed by atoms with van der Waals surface area (Å²) in [5.41, 5.74) is 8.56. The zero-order valence-electron chi connectivity index (χ0n) is 18.1. The van der Waals surface area contributed by atoms with Gasteiger partial charge in [0.2, 0.25) is 15.9 Å². The minimum Gasteiger partial charge on any atom is -0.351 e. The Kier molecular flexibility index (Phi) is 8.16. The van der Waals surface area contributed by atoms with Crippen molar-refractivity contribution < 1.29 is 13.2 Å². The molecular formula is C25H29N3O3S. The van der Waals surface area contributed by atoms with Crippen molar-refractivity contribution in [3.05, 3.63) is 102 Å². The van der Waals surface area contributed by atoms with Gasteiger partial charge in [0.1, 0.15) is 0 Å². The second-order valence-electron chi connectivity index (χ2n) is 7.72. The first kappa shape index (κ1) is 23.7. The van der Waals surface area contributed by atoms with Gasteiger partial charge < -0.3 is 11.1 Å². The van der Waals surface area contributed by atoms with Crippen LogP contribution in [-0.2, 0) is 27.9 Å². The summed E-state index contributed by atoms with van der Waals surface area (Å²) < 4.78 is 27.9. The average Bonchev–Trinajstić information content (AvgIpc) is 2.83. The van der Waals surface area contributed by atoms with Crippen LogP contribution in [0.1, 0.15) is 29.5 Å². The zero-order chi connectivity index (χ0) is 23.0. The van der Waals surface area contributed by atoms with Crippen molar-refractivity contribution in [3.63, 3.8) is 0 Å². The van der Waals surface area contributed by atoms with Gasteiger partial charge in [0.15, 0.2) is 0 Å². The normalized spacial score (nSPS) is 12.5. The van der Waals surface area contributed by atoms with Gasteiger partial charge in [0, 0.05) is 19.6 Å². The standard InChI is InChI=1S/C25H29N3O3S/c1-20(23-8-4-2-5-9-23)18-28(32(30,31)24-10-6-3-7-11-24)19-25(29)27-17-22-14-12-21(16-26)13-15-22/h2-15,20H,16-19,26H2,1H3,(H,27,29). The number of nitrogens with zero attached hydrogens (tertiary/aromatic N) is 1. The summed E-state index contributed by atoms with van der Waals surface area (Å²) in [4.78, 5) is 12.9. The summed E-state index contributed by atoms with van der Waals surface area (Å²) in [7, 11) is -3.83. The van der Waals surface area contributed by atoms with E-state index in [1.165, 1.54) is 4.31 Å². The minimum atomic E-state index is -3.83. The fourth-order valence-corrected chi connectivity index (χ4v) is 4.90. The second-order valence-corrected chi connectivity index (χ2v) is 9.66. The van der Waals surface area contributed by atoms with Crippen LogP contribution in [0.3, 0.4) is 0 Å². The second kappa shape index (κ2) is 11.0. The van der Waals surface area contributed by atoms with E-state index >= 15 is 0 Å². The third kappa shape index (κ3) is 6.26. The maximum absolute atomic E-state index is 13.3. The highest BCUT2D eigenvalue weighted by molar-refractivity contribution is 7.89. The van der Waals surface area contributed by atoms with Crippen LogP contribution in [0.2, 0.25) is 0 Å². The molecule has 0 fully saturated rings. The lowest BCUT2D eigenvalue weighted by atomic mass is 10.0. The first-order valence-electron chi connectivity index (χ1n) is 10.5. The molecule has 32 heavy (non-hydrogen) atoms. The highest BCUT2D eigenvalue weighted by Gasteiger charge is 2.28. The van der Waals surface area contributed by atoms with Crippen molar-refractivity contribution in [3.8, 4) is 0 Å². The highest BCUT2D eigenvalue weighted by atomic mass is 32.2. The van der Waals surface area contributed by atoms with E-state index in [0.29, 0.717) is 13.1 Å². The lowest BCUT2D eigenvalue weighted by Gasteiger charge is -2.25. The molecule has 1 amide bonds. The number of nitrogens with two attached hydrogens (primary N) is 1. The maximum atomic E-state index is 13.3. The molecular weight excluding hydrogens is 422 g/mol. The Morgan fingerprint density at radius 3 is 2.06 bits per heavy atom. The Hall–Kier alpha value is -3.00. The SMILES string of the molecule is CC(CN(CC(=O)NCc1ccc(CN)cc1)S(=O)(=O)c1ccccc1)c1ccccc1. The van der Waals surface area contributed by atoms with Gasteiger partial charge in [-0.3, -0.25) is 4.79 Å². The molecule has 3 aromatic carbocycles. The molecule has 3 rings (SSSR count). The lowest BCUT2D eigenvalue weighted by Crippen LogP contribution is -2.42. The average molecular weight is 452 g/mol. The Morgan fingerprint density at radius 1 is 0.906 bits per heavy atom. The van der Waals surface area contributed by atoms with Crippen LogP contribution in [0, 0.1) is 0 Å².